The molecule has 2 aliphatic heterocycles. The number of rotatable bonds is 0. The number of allylic oxidation sites excluding steroid dienone is 1. The van der Waals surface area contributed by atoms with Crippen LogP contribution in [0.15, 0.2) is 104 Å². The number of hydrogen-bond acceptors (Lipinski definition) is 6. The molecule has 2 aliphatic rings. The minimum absolute atomic E-state index is 0.0519. The average molecular weight is 416 g/mol. The quantitative estimate of drug-likeness (QED) is 0.458. The molecule has 0 fully saturated rings. The van der Waals surface area contributed by atoms with Crippen LogP contribution in [-0.2, 0) is 0 Å². The zero-order valence-electron chi connectivity index (χ0n) is 17.3. The molecule has 6 nitrogen and oxygen atoms in total. The Hall–Kier alpha value is -4.32. The van der Waals surface area contributed by atoms with Gasteiger partial charge < -0.3 is 0 Å². The van der Waals surface area contributed by atoms with Crippen LogP contribution < -0.4 is 0 Å². The molecule has 5 rings (SSSR count). The molecule has 2 aromatic carbocycles. The van der Waals surface area contributed by atoms with Gasteiger partial charge in [-0.3, -0.25) is 25.0 Å². The number of benzene rings is 2. The van der Waals surface area contributed by atoms with Crippen molar-refractivity contribution in [2.75, 3.05) is 0 Å². The number of para-hydroxylation sites is 4. The van der Waals surface area contributed by atoms with Gasteiger partial charge in [0.1, 0.15) is 0 Å². The van der Waals surface area contributed by atoms with Gasteiger partial charge in [0.05, 0.1) is 64.5 Å². The largest absolute Gasteiger partial charge is 0.274 e. The predicted molar refractivity (Wildman–Crippen MR) is 133 cm³/mol. The molecular formula is C26H20N6. The van der Waals surface area contributed by atoms with Crippen LogP contribution in [0.2, 0.25) is 0 Å². The van der Waals surface area contributed by atoms with Gasteiger partial charge in [0, 0.05) is 6.21 Å². The molecule has 0 N–H and O–H groups in total. The number of fused-ring (bicyclic) bond motifs is 5. The fourth-order valence-corrected chi connectivity index (χ4v) is 3.34. The number of pyridine rings is 1. The van der Waals surface area contributed by atoms with Crippen LogP contribution in [0.1, 0.15) is 17.8 Å². The number of aromatic nitrogens is 1. The molecule has 3 heterocycles. The lowest BCUT2D eigenvalue weighted by atomic mass is 10.1. The van der Waals surface area contributed by atoms with Gasteiger partial charge in [-0.2, -0.15) is 0 Å². The summed E-state index contributed by atoms with van der Waals surface area (Å²) in [5, 5.41) is 0. The van der Waals surface area contributed by atoms with E-state index in [2.05, 4.69) is 31.0 Å². The summed E-state index contributed by atoms with van der Waals surface area (Å²) in [5.74, 6) is 0. The molecule has 0 amide bonds. The summed E-state index contributed by atoms with van der Waals surface area (Å²) in [5.41, 5.74) is 5.37. The normalized spacial score (nSPS) is 17.1. The van der Waals surface area contributed by atoms with Gasteiger partial charge in [-0.25, -0.2) is 4.98 Å². The van der Waals surface area contributed by atoms with Crippen molar-refractivity contribution in [3.05, 3.63) is 90.3 Å². The van der Waals surface area contributed by atoms with Crippen LogP contribution in [0.25, 0.3) is 0 Å². The highest BCUT2D eigenvalue weighted by atomic mass is 14.9. The van der Waals surface area contributed by atoms with Gasteiger partial charge in [0.15, 0.2) is 0 Å². The fraction of sp³-hybridized carbons (Fsp3) is 0.0769. The van der Waals surface area contributed by atoms with Crippen LogP contribution in [0.3, 0.4) is 0 Å². The van der Waals surface area contributed by atoms with Crippen molar-refractivity contribution in [1.29, 1.82) is 0 Å². The van der Waals surface area contributed by atoms with Crippen molar-refractivity contribution in [2.24, 2.45) is 25.0 Å². The topological polar surface area (TPSA) is 74.7 Å². The number of aliphatic imine (C=N–C) groups is 5. The van der Waals surface area contributed by atoms with Crippen LogP contribution in [0.4, 0.5) is 22.7 Å². The van der Waals surface area contributed by atoms with Gasteiger partial charge in [0.2, 0.25) is 0 Å². The second-order valence-electron chi connectivity index (χ2n) is 7.28. The second kappa shape index (κ2) is 9.22. The lowest BCUT2D eigenvalue weighted by Crippen LogP contribution is -2.13. The third kappa shape index (κ3) is 4.70. The Morgan fingerprint density at radius 1 is 0.594 bits per heavy atom. The predicted octanol–water partition coefficient (Wildman–Crippen LogP) is 5.77. The molecule has 0 spiro atoms. The smallest absolute Gasteiger partial charge is 0.0892 e. The summed E-state index contributed by atoms with van der Waals surface area (Å²) in [6.07, 6.45) is 12.0. The van der Waals surface area contributed by atoms with Gasteiger partial charge >= 0.3 is 0 Å². The lowest BCUT2D eigenvalue weighted by Gasteiger charge is -2.10. The lowest BCUT2D eigenvalue weighted by molar-refractivity contribution is 0.887. The summed E-state index contributed by atoms with van der Waals surface area (Å²) in [6, 6.07) is 21.2. The molecule has 1 atom stereocenters. The molecule has 0 saturated heterocycles. The number of nitrogens with zero attached hydrogens (tertiary/aromatic N) is 6. The van der Waals surface area contributed by atoms with Gasteiger partial charge in [-0.1, -0.05) is 36.4 Å². The summed E-state index contributed by atoms with van der Waals surface area (Å²) >= 11 is 0. The molecule has 0 saturated carbocycles. The first kappa shape index (κ1) is 19.6. The molecule has 4 bridgehead atoms. The van der Waals surface area contributed by atoms with E-state index in [4.69, 9.17) is 4.99 Å². The summed E-state index contributed by atoms with van der Waals surface area (Å²) < 4.78 is 0. The highest BCUT2D eigenvalue weighted by Gasteiger charge is 2.08. The van der Waals surface area contributed by atoms with E-state index in [1.807, 2.05) is 79.0 Å². The Bertz CT molecular complexity index is 1310. The van der Waals surface area contributed by atoms with Gasteiger partial charge in [-0.15, -0.1) is 0 Å². The molecular weight excluding hydrogens is 396 g/mol. The van der Waals surface area contributed by atoms with Crippen molar-refractivity contribution in [2.45, 2.75) is 12.5 Å². The van der Waals surface area contributed by atoms with Crippen molar-refractivity contribution < 1.29 is 0 Å². The Morgan fingerprint density at radius 3 is 1.78 bits per heavy atom. The Kier molecular flexibility index (Phi) is 5.66. The van der Waals surface area contributed by atoms with Crippen LogP contribution in [0, 0.1) is 0 Å². The van der Waals surface area contributed by atoms with Crippen LogP contribution in [0.5, 0.6) is 0 Å². The minimum Gasteiger partial charge on any atom is -0.274 e. The van der Waals surface area contributed by atoms with Gasteiger partial charge in [-0.05, 0) is 48.9 Å². The maximum absolute atomic E-state index is 4.75. The molecule has 6 heteroatoms. The Labute approximate surface area is 186 Å². The summed E-state index contributed by atoms with van der Waals surface area (Å²) in [6.45, 7) is 0. The highest BCUT2D eigenvalue weighted by Crippen LogP contribution is 2.28. The monoisotopic (exact) mass is 416 g/mol. The van der Waals surface area contributed by atoms with Crippen molar-refractivity contribution in [3.63, 3.8) is 0 Å². The minimum atomic E-state index is -0.0519. The molecule has 0 aliphatic carbocycles. The Morgan fingerprint density at radius 2 is 1.16 bits per heavy atom. The Balaban J connectivity index is 1.60. The van der Waals surface area contributed by atoms with E-state index in [1.54, 1.807) is 18.6 Å². The first-order chi connectivity index (χ1) is 15.8. The summed E-state index contributed by atoms with van der Waals surface area (Å²) in [4.78, 5) is 27.9. The standard InChI is InChI=1S/C26H20N6/c1-2-12-24-23(11-1)27-15-19-7-5-9-21(31-19)17-29-25-13-3-4-14-26(25)30-18-22-10-6-8-20(32-22)16-28-24/h1-9,11-18,22H,10H2. The fourth-order valence-electron chi connectivity index (χ4n) is 3.34. The van der Waals surface area contributed by atoms with Gasteiger partial charge in [0.25, 0.3) is 0 Å². The number of hydrogen-bond donors (Lipinski definition) is 0. The van der Waals surface area contributed by atoms with E-state index >= 15 is 0 Å². The first-order valence-electron chi connectivity index (χ1n) is 10.4. The SMILES string of the molecule is C1=CC2=NC(C=Nc3ccccc3N=Cc3cccc(n3)C=Nc3ccccc3N=C2)C1. The zero-order valence-corrected chi connectivity index (χ0v) is 17.3. The summed E-state index contributed by atoms with van der Waals surface area (Å²) in [7, 11) is 0. The van der Waals surface area contributed by atoms with Crippen molar-refractivity contribution >= 4 is 53.3 Å². The van der Waals surface area contributed by atoms with E-state index in [0.717, 1.165) is 46.3 Å². The first-order valence-corrected chi connectivity index (χ1v) is 10.4. The highest BCUT2D eigenvalue weighted by molar-refractivity contribution is 6.36. The second-order valence-corrected chi connectivity index (χ2v) is 7.28. The zero-order chi connectivity index (χ0) is 21.6. The number of dihydropyridines is 1. The molecule has 154 valence electrons. The third-order valence-electron chi connectivity index (χ3n) is 4.93. The van der Waals surface area contributed by atoms with Crippen molar-refractivity contribution in [1.82, 2.24) is 4.98 Å². The van der Waals surface area contributed by atoms with Crippen LogP contribution in [-0.4, -0.2) is 41.6 Å². The van der Waals surface area contributed by atoms with E-state index in [1.165, 1.54) is 0 Å². The average Bonchev–Trinajstić information content (AvgIpc) is 2.85. The van der Waals surface area contributed by atoms with E-state index < -0.39 is 0 Å². The van der Waals surface area contributed by atoms with E-state index in [-0.39, 0.29) is 6.04 Å². The molecule has 32 heavy (non-hydrogen) atoms. The van der Waals surface area contributed by atoms with Crippen molar-refractivity contribution in [3.8, 4) is 0 Å². The van der Waals surface area contributed by atoms with Crippen LogP contribution >= 0.6 is 0 Å². The third-order valence-corrected chi connectivity index (χ3v) is 4.93. The molecule has 3 aromatic rings. The van der Waals surface area contributed by atoms with E-state index in [0.29, 0.717) is 0 Å². The maximum atomic E-state index is 4.75. The molecule has 1 aromatic heterocycles. The maximum Gasteiger partial charge on any atom is 0.0892 e. The molecule has 0 radical (unpaired) electrons. The van der Waals surface area contributed by atoms with E-state index in [9.17, 15) is 0 Å². The molecule has 1 unspecified atom stereocenters.